The Labute approximate surface area is 114 Å². The van der Waals surface area contributed by atoms with E-state index in [-0.39, 0.29) is 6.04 Å². The first-order chi connectivity index (χ1) is 9.29. The first-order valence-corrected chi connectivity index (χ1v) is 6.88. The summed E-state index contributed by atoms with van der Waals surface area (Å²) in [6, 6.07) is 7.83. The van der Waals surface area contributed by atoms with Crippen LogP contribution in [0.4, 0.5) is 0 Å². The molecule has 1 aliphatic rings. The molecule has 98 valence electrons. The average molecular weight is 255 g/mol. The van der Waals surface area contributed by atoms with Gasteiger partial charge >= 0.3 is 0 Å². The molecule has 1 saturated carbocycles. The Morgan fingerprint density at radius 3 is 2.89 bits per heavy atom. The second-order valence-electron chi connectivity index (χ2n) is 5.29. The van der Waals surface area contributed by atoms with Crippen LogP contribution in [0.5, 0.6) is 0 Å². The fourth-order valence-corrected chi connectivity index (χ4v) is 2.83. The molecule has 2 aromatic rings. The number of nitrogens with one attached hydrogen (secondary N) is 1. The van der Waals surface area contributed by atoms with Crippen molar-refractivity contribution in [2.75, 3.05) is 6.44 Å². The molecule has 2 N–H and O–H groups in total. The van der Waals surface area contributed by atoms with E-state index in [9.17, 15) is 5.11 Å². The molecule has 4 heteroatoms. The monoisotopic (exact) mass is 255 g/mol. The van der Waals surface area contributed by atoms with Gasteiger partial charge in [-0.05, 0) is 42.9 Å². The van der Waals surface area contributed by atoms with Crippen molar-refractivity contribution >= 4 is 18.8 Å². The predicted molar refractivity (Wildman–Crippen MR) is 76.1 cm³/mol. The van der Waals surface area contributed by atoms with Gasteiger partial charge < -0.3 is 14.8 Å². The molecule has 0 aliphatic heterocycles. The number of hydrogen-bond donors (Lipinski definition) is 2. The molecule has 0 amide bonds. The van der Waals surface area contributed by atoms with Crippen LogP contribution in [0.1, 0.15) is 30.9 Å². The van der Waals surface area contributed by atoms with Crippen LogP contribution in [-0.2, 0) is 0 Å². The van der Waals surface area contributed by atoms with Crippen LogP contribution in [0.15, 0.2) is 34.9 Å². The average Bonchev–Trinajstić information content (AvgIpc) is 2.82. The second kappa shape index (κ2) is 5.39. The third-order valence-corrected chi connectivity index (χ3v) is 4.17. The Hall–Kier alpha value is -1.26. The molecule has 1 heterocycles. The van der Waals surface area contributed by atoms with E-state index in [1.807, 2.05) is 24.3 Å². The van der Waals surface area contributed by atoms with Gasteiger partial charge in [0.1, 0.15) is 5.58 Å². The number of aliphatic hydroxyl groups excluding tert-OH is 1. The van der Waals surface area contributed by atoms with E-state index in [1.165, 1.54) is 6.42 Å². The third-order valence-electron chi connectivity index (χ3n) is 4.17. The Morgan fingerprint density at radius 1 is 1.37 bits per heavy atom. The maximum atomic E-state index is 10.6. The summed E-state index contributed by atoms with van der Waals surface area (Å²) in [5.74, 6) is 0.519. The van der Waals surface area contributed by atoms with E-state index in [4.69, 9.17) is 12.3 Å². The zero-order valence-corrected chi connectivity index (χ0v) is 10.9. The van der Waals surface area contributed by atoms with Gasteiger partial charge in [-0.3, -0.25) is 0 Å². The van der Waals surface area contributed by atoms with Gasteiger partial charge in [0.2, 0.25) is 0 Å². The lowest BCUT2D eigenvalue weighted by Gasteiger charge is -2.37. The van der Waals surface area contributed by atoms with Gasteiger partial charge in [0, 0.05) is 11.4 Å². The Bertz CT molecular complexity index is 550. The summed E-state index contributed by atoms with van der Waals surface area (Å²) in [6.07, 6.45) is 5.10. The van der Waals surface area contributed by atoms with E-state index >= 15 is 0 Å². The number of hydrogen-bond acceptors (Lipinski definition) is 3. The normalized spacial score (nSPS) is 19.2. The minimum atomic E-state index is -0.539. The maximum absolute atomic E-state index is 10.6. The highest BCUT2D eigenvalue weighted by molar-refractivity contribution is 6.08. The summed E-state index contributed by atoms with van der Waals surface area (Å²) >= 11 is 0. The molecular formula is C15H18BNO2. The van der Waals surface area contributed by atoms with Crippen molar-refractivity contribution in [1.29, 1.82) is 0 Å². The zero-order chi connectivity index (χ0) is 13.2. The third kappa shape index (κ3) is 2.43. The smallest absolute Gasteiger partial charge is 0.134 e. The van der Waals surface area contributed by atoms with Gasteiger partial charge in [0.05, 0.1) is 20.2 Å². The SMILES string of the molecule is [B]CNC(C1CCC1)C(O)c1ccc2ccoc2c1. The van der Waals surface area contributed by atoms with Gasteiger partial charge in [-0.25, -0.2) is 0 Å². The number of aliphatic hydroxyl groups is 1. The summed E-state index contributed by atoms with van der Waals surface area (Å²) in [5.41, 5.74) is 1.71. The quantitative estimate of drug-likeness (QED) is 0.806. The van der Waals surface area contributed by atoms with Crippen LogP contribution in [0.2, 0.25) is 0 Å². The van der Waals surface area contributed by atoms with Crippen molar-refractivity contribution in [3.8, 4) is 0 Å². The van der Waals surface area contributed by atoms with Crippen molar-refractivity contribution in [2.45, 2.75) is 31.4 Å². The maximum Gasteiger partial charge on any atom is 0.134 e. The van der Waals surface area contributed by atoms with Gasteiger partial charge in [0.25, 0.3) is 0 Å². The van der Waals surface area contributed by atoms with Crippen LogP contribution in [0.25, 0.3) is 11.0 Å². The molecule has 0 spiro atoms. The summed E-state index contributed by atoms with van der Waals surface area (Å²) in [4.78, 5) is 0. The number of fused-ring (bicyclic) bond motifs is 1. The molecule has 0 saturated heterocycles. The highest BCUT2D eigenvalue weighted by Gasteiger charge is 2.32. The van der Waals surface area contributed by atoms with Crippen molar-refractivity contribution in [3.05, 3.63) is 36.1 Å². The molecule has 3 rings (SSSR count). The van der Waals surface area contributed by atoms with Crippen LogP contribution in [0.3, 0.4) is 0 Å². The van der Waals surface area contributed by atoms with Crippen molar-refractivity contribution < 1.29 is 9.52 Å². The second-order valence-corrected chi connectivity index (χ2v) is 5.29. The van der Waals surface area contributed by atoms with Gasteiger partial charge in [0.15, 0.2) is 0 Å². The lowest BCUT2D eigenvalue weighted by atomic mass is 9.76. The summed E-state index contributed by atoms with van der Waals surface area (Å²) in [7, 11) is 5.60. The molecule has 1 aromatic carbocycles. The van der Waals surface area contributed by atoms with Crippen LogP contribution < -0.4 is 5.32 Å². The molecule has 2 unspecified atom stereocenters. The van der Waals surface area contributed by atoms with E-state index in [2.05, 4.69) is 5.32 Å². The Balaban J connectivity index is 1.84. The summed E-state index contributed by atoms with van der Waals surface area (Å²) in [6.45, 7) is 0. The van der Waals surface area contributed by atoms with Gasteiger partial charge in [-0.15, -0.1) is 0 Å². The minimum Gasteiger partial charge on any atom is -0.464 e. The predicted octanol–water partition coefficient (Wildman–Crippen LogP) is 2.35. The molecule has 0 bridgehead atoms. The van der Waals surface area contributed by atoms with E-state index < -0.39 is 6.10 Å². The molecule has 19 heavy (non-hydrogen) atoms. The van der Waals surface area contributed by atoms with Crippen LogP contribution >= 0.6 is 0 Å². The standard InChI is InChI=1S/C15H18BNO2/c16-9-17-14(11-2-1-3-11)15(18)12-5-4-10-6-7-19-13(10)8-12/h4-8,11,14-15,17-18H,1-3,9H2. The zero-order valence-electron chi connectivity index (χ0n) is 10.9. The van der Waals surface area contributed by atoms with Crippen LogP contribution in [0, 0.1) is 5.92 Å². The van der Waals surface area contributed by atoms with Crippen molar-refractivity contribution in [2.24, 2.45) is 5.92 Å². The first-order valence-electron chi connectivity index (χ1n) is 6.88. The van der Waals surface area contributed by atoms with E-state index in [0.29, 0.717) is 12.4 Å². The number of furan rings is 1. The van der Waals surface area contributed by atoms with Gasteiger partial charge in [-0.1, -0.05) is 18.6 Å². The number of rotatable bonds is 5. The molecule has 1 aliphatic carbocycles. The largest absolute Gasteiger partial charge is 0.464 e. The van der Waals surface area contributed by atoms with E-state index in [0.717, 1.165) is 29.4 Å². The first kappa shape index (κ1) is 12.8. The van der Waals surface area contributed by atoms with Crippen LogP contribution in [-0.4, -0.2) is 25.4 Å². The molecular weight excluding hydrogens is 237 g/mol. The van der Waals surface area contributed by atoms with Crippen molar-refractivity contribution in [3.63, 3.8) is 0 Å². The van der Waals surface area contributed by atoms with Crippen molar-refractivity contribution in [1.82, 2.24) is 5.32 Å². The highest BCUT2D eigenvalue weighted by Crippen LogP contribution is 2.35. The number of benzene rings is 1. The summed E-state index contributed by atoms with van der Waals surface area (Å²) in [5, 5.41) is 14.9. The fourth-order valence-electron chi connectivity index (χ4n) is 2.83. The van der Waals surface area contributed by atoms with E-state index in [1.54, 1.807) is 6.26 Å². The van der Waals surface area contributed by atoms with Gasteiger partial charge in [-0.2, -0.15) is 0 Å². The molecule has 1 aromatic heterocycles. The molecule has 2 atom stereocenters. The minimum absolute atomic E-state index is 0.0335. The lowest BCUT2D eigenvalue weighted by Crippen LogP contribution is -2.44. The topological polar surface area (TPSA) is 45.4 Å². The molecule has 3 nitrogen and oxygen atoms in total. The lowest BCUT2D eigenvalue weighted by molar-refractivity contribution is 0.0724. The molecule has 2 radical (unpaired) electrons. The highest BCUT2D eigenvalue weighted by atomic mass is 16.3. The summed E-state index contributed by atoms with van der Waals surface area (Å²) < 4.78 is 5.39. The fraction of sp³-hybridized carbons (Fsp3) is 0.467. The Morgan fingerprint density at radius 2 is 2.21 bits per heavy atom. The Kier molecular flexibility index (Phi) is 3.62. The molecule has 1 fully saturated rings.